The first kappa shape index (κ1) is 44.2. The molecule has 11 rings (SSSR count). The molecule has 0 saturated carbocycles. The van der Waals surface area contributed by atoms with Gasteiger partial charge in [0.05, 0.1) is 45.6 Å². The first-order valence-corrected chi connectivity index (χ1v) is 24.5. The first-order valence-electron chi connectivity index (χ1n) is 24.5. The summed E-state index contributed by atoms with van der Waals surface area (Å²) in [5.74, 6) is 0. The molecular weight excluding hydrogens is 855 g/mol. The number of pyridine rings is 1. The van der Waals surface area contributed by atoms with Gasteiger partial charge in [0, 0.05) is 79.2 Å². The maximum atomic E-state index is 5.48. The van der Waals surface area contributed by atoms with Crippen molar-refractivity contribution in [3.8, 4) is 0 Å². The smallest absolute Gasteiger partial charge is 0.169 e. The predicted molar refractivity (Wildman–Crippen MR) is 291 cm³/mol. The van der Waals surface area contributed by atoms with Crippen LogP contribution in [0.3, 0.4) is 0 Å². The van der Waals surface area contributed by atoms with Gasteiger partial charge < -0.3 is 9.80 Å². The third-order valence-corrected chi connectivity index (χ3v) is 13.6. The van der Waals surface area contributed by atoms with Crippen molar-refractivity contribution >= 4 is 45.1 Å². The van der Waals surface area contributed by atoms with Crippen molar-refractivity contribution in [3.05, 3.63) is 268 Å². The molecule has 3 aromatic carbocycles. The Morgan fingerprint density at radius 1 is 0.371 bits per heavy atom. The van der Waals surface area contributed by atoms with Gasteiger partial charge in [-0.15, -0.1) is 0 Å². The number of benzene rings is 3. The van der Waals surface area contributed by atoms with Crippen LogP contribution in [0.4, 0.5) is 0 Å². The molecule has 7 heteroatoms. The van der Waals surface area contributed by atoms with Gasteiger partial charge in [0.2, 0.25) is 0 Å². The van der Waals surface area contributed by atoms with Crippen LogP contribution in [0.1, 0.15) is 64.6 Å². The Bertz CT molecular complexity index is 3260. The number of hydrogen-bond donors (Lipinski definition) is 0. The maximum Gasteiger partial charge on any atom is 0.169 e. The zero-order chi connectivity index (χ0) is 47.6. The van der Waals surface area contributed by atoms with Crippen molar-refractivity contribution in [3.63, 3.8) is 0 Å². The fourth-order valence-electron chi connectivity index (χ4n) is 9.64. The van der Waals surface area contributed by atoms with Crippen LogP contribution < -0.4 is 4.57 Å². The Labute approximate surface area is 412 Å². The molecule has 0 amide bonds. The Morgan fingerprint density at radius 3 is 1.10 bits per heavy atom. The summed E-state index contributed by atoms with van der Waals surface area (Å²) in [5, 5.41) is 0. The molecular formula is C63H56N7+. The Morgan fingerprint density at radius 2 is 0.714 bits per heavy atom. The fraction of sp³-hybridized carbons (Fsp3) is 0.159. The molecule has 8 heterocycles. The van der Waals surface area contributed by atoms with Crippen LogP contribution in [0.15, 0.2) is 249 Å². The van der Waals surface area contributed by atoms with Crippen LogP contribution in [0.5, 0.6) is 0 Å². The lowest BCUT2D eigenvalue weighted by atomic mass is 9.97. The van der Waals surface area contributed by atoms with Crippen LogP contribution in [0, 0.1) is 20.8 Å². The molecule has 4 aromatic rings. The summed E-state index contributed by atoms with van der Waals surface area (Å²) >= 11 is 0. The largest absolute Gasteiger partial charge is 0.357 e. The van der Waals surface area contributed by atoms with Crippen LogP contribution >= 0.6 is 0 Å². The third-order valence-electron chi connectivity index (χ3n) is 13.6. The van der Waals surface area contributed by atoms with Crippen LogP contribution in [0.25, 0.3) is 22.3 Å². The minimum absolute atomic E-state index is 0.861. The molecule has 0 atom stereocenters. The second-order valence-electron chi connectivity index (χ2n) is 18.8. The summed E-state index contributed by atoms with van der Waals surface area (Å²) in [5.41, 5.74) is 21.1. The van der Waals surface area contributed by atoms with E-state index in [1.165, 1.54) is 40.7 Å². The summed E-state index contributed by atoms with van der Waals surface area (Å²) in [7, 11) is 2.05. The van der Waals surface area contributed by atoms with E-state index in [9.17, 15) is 0 Å². The van der Waals surface area contributed by atoms with E-state index >= 15 is 0 Å². The fourth-order valence-corrected chi connectivity index (χ4v) is 9.64. The van der Waals surface area contributed by atoms with Crippen molar-refractivity contribution in [2.45, 2.75) is 53.0 Å². The van der Waals surface area contributed by atoms with Gasteiger partial charge in [0.15, 0.2) is 12.4 Å². The number of allylic oxidation sites excluding steroid dienone is 18. The van der Waals surface area contributed by atoms with Crippen LogP contribution in [-0.4, -0.2) is 46.2 Å². The van der Waals surface area contributed by atoms with Crippen LogP contribution in [0.2, 0.25) is 0 Å². The molecule has 7 nitrogen and oxygen atoms in total. The van der Waals surface area contributed by atoms with Crippen molar-refractivity contribution in [1.29, 1.82) is 0 Å². The highest BCUT2D eigenvalue weighted by atomic mass is 15.1. The number of nitrogens with zero attached hydrogens (tertiary/aromatic N) is 7. The van der Waals surface area contributed by atoms with E-state index in [1.807, 2.05) is 7.05 Å². The molecule has 0 aliphatic carbocycles. The summed E-state index contributed by atoms with van der Waals surface area (Å²) in [6.07, 6.45) is 43.5. The SMILES string of the molecule is Cc1ccc(C2=C3C=CC(=N3)C(c3ccc(C)cc3)=C3C=CC(=N3)C(c3cc[n+](CCCCCCN4C=CC(=C5C=CN(C)C=C5)C=C4)cc3)=C3C=CC(=N3)C(c3ccc(C)cc3)=C3C=CC2=N3)cc1. The lowest BCUT2D eigenvalue weighted by Crippen LogP contribution is -2.32. The molecule has 7 aliphatic rings. The van der Waals surface area contributed by atoms with Gasteiger partial charge >= 0.3 is 0 Å². The van der Waals surface area contributed by atoms with Gasteiger partial charge in [-0.05, 0) is 140 Å². The molecule has 342 valence electrons. The minimum atomic E-state index is 0.861. The van der Waals surface area contributed by atoms with E-state index in [4.69, 9.17) is 20.0 Å². The molecule has 0 spiro atoms. The highest BCUT2D eigenvalue weighted by Gasteiger charge is 2.28. The topological polar surface area (TPSA) is 59.8 Å². The summed E-state index contributed by atoms with van der Waals surface area (Å²) < 4.78 is 2.30. The van der Waals surface area contributed by atoms with E-state index < -0.39 is 0 Å². The van der Waals surface area contributed by atoms with E-state index in [0.717, 1.165) is 116 Å². The zero-order valence-corrected chi connectivity index (χ0v) is 40.3. The van der Waals surface area contributed by atoms with Gasteiger partial charge in [-0.3, -0.25) is 0 Å². The first-order chi connectivity index (χ1) is 34.3. The number of aromatic nitrogens is 1. The molecule has 0 saturated heterocycles. The van der Waals surface area contributed by atoms with Crippen molar-refractivity contribution in [1.82, 2.24) is 9.80 Å². The molecule has 1 aromatic heterocycles. The van der Waals surface area contributed by atoms with Crippen molar-refractivity contribution in [2.24, 2.45) is 20.0 Å². The van der Waals surface area contributed by atoms with Gasteiger partial charge in [-0.2, -0.15) is 0 Å². The Hall–Kier alpha value is -8.29. The number of hydrogen-bond acceptors (Lipinski definition) is 6. The highest BCUT2D eigenvalue weighted by molar-refractivity contribution is 6.39. The minimum Gasteiger partial charge on any atom is -0.357 e. The highest BCUT2D eigenvalue weighted by Crippen LogP contribution is 2.39. The van der Waals surface area contributed by atoms with Gasteiger partial charge in [0.1, 0.15) is 6.54 Å². The maximum absolute atomic E-state index is 5.48. The molecule has 0 radical (unpaired) electrons. The van der Waals surface area contributed by atoms with Gasteiger partial charge in [-0.1, -0.05) is 95.9 Å². The summed E-state index contributed by atoms with van der Waals surface area (Å²) in [6, 6.07) is 30.5. The van der Waals surface area contributed by atoms with Gasteiger partial charge in [0.25, 0.3) is 0 Å². The number of aryl methyl sites for hydroxylation is 4. The predicted octanol–water partition coefficient (Wildman–Crippen LogP) is 13.1. The summed E-state index contributed by atoms with van der Waals surface area (Å²) in [4.78, 5) is 26.2. The standard InChI is InChI=1S/C63H56N7/c1-43-9-15-48(16-10-43)60-52-21-23-54(64-52)61(49-17-11-44(2)12-18-49)56-25-27-58(66-56)63(59-28-26-57(67-59)62(55-24-22-53(60)65-55)50-19-13-45(3)14-20-50)51-33-41-70(42-34-51)36-8-6-5-7-35-69-39-31-47(32-40-69)46-29-37-68(4)38-30-46/h9-34,37-42H,5-8,35-36H2,1-4H3/q+1. The molecule has 0 fully saturated rings. The Kier molecular flexibility index (Phi) is 12.2. The third kappa shape index (κ3) is 9.31. The molecule has 8 bridgehead atoms. The quantitative estimate of drug-likeness (QED) is 0.111. The molecule has 7 aliphatic heterocycles. The number of aliphatic imine (C=N–C) groups is 4. The normalized spacial score (nSPS) is 17.9. The monoisotopic (exact) mass is 910 g/mol. The van der Waals surface area contributed by atoms with E-state index in [0.29, 0.717) is 0 Å². The van der Waals surface area contributed by atoms with Crippen LogP contribution in [-0.2, 0) is 6.54 Å². The van der Waals surface area contributed by atoms with E-state index in [-0.39, 0.29) is 0 Å². The zero-order valence-electron chi connectivity index (χ0n) is 40.3. The van der Waals surface area contributed by atoms with Crippen molar-refractivity contribution < 1.29 is 4.57 Å². The second kappa shape index (κ2) is 19.4. The lowest BCUT2D eigenvalue weighted by Gasteiger charge is -2.20. The second-order valence-corrected chi connectivity index (χ2v) is 18.8. The number of rotatable bonds is 11. The number of unbranched alkanes of at least 4 members (excludes halogenated alkanes) is 3. The average molecular weight is 911 g/mol. The molecule has 70 heavy (non-hydrogen) atoms. The molecule has 0 unspecified atom stereocenters. The lowest BCUT2D eigenvalue weighted by molar-refractivity contribution is -0.697. The van der Waals surface area contributed by atoms with Gasteiger partial charge in [-0.25, -0.2) is 24.5 Å². The Balaban J connectivity index is 0.919. The summed E-state index contributed by atoms with van der Waals surface area (Å²) in [6.45, 7) is 8.34. The van der Waals surface area contributed by atoms with E-state index in [2.05, 4.69) is 230 Å². The number of fused-ring (bicyclic) bond motifs is 4. The molecule has 0 N–H and O–H groups in total. The van der Waals surface area contributed by atoms with Crippen molar-refractivity contribution in [2.75, 3.05) is 13.6 Å². The van der Waals surface area contributed by atoms with E-state index in [1.54, 1.807) is 0 Å². The average Bonchev–Trinajstić information content (AvgIpc) is 4.24.